The van der Waals surface area contributed by atoms with Crippen LogP contribution in [0.4, 0.5) is 0 Å². The molecular weight excluding hydrogens is 237 g/mol. The van der Waals surface area contributed by atoms with Crippen LogP contribution in [0.1, 0.15) is 10.4 Å². The van der Waals surface area contributed by atoms with Crippen molar-refractivity contribution in [2.75, 3.05) is 0 Å². The van der Waals surface area contributed by atoms with Crippen LogP contribution < -0.4 is 5.73 Å². The Bertz CT molecular complexity index is 556. The molecule has 2 rings (SSSR count). The normalized spacial score (nSPS) is 10.5. The number of hydrogen-bond donors (Lipinski definition) is 1. The molecule has 0 saturated heterocycles. The van der Waals surface area contributed by atoms with Crippen LogP contribution in [0.5, 0.6) is 0 Å². The number of primary amides is 1. The Kier molecular flexibility index (Phi) is 2.46. The number of fused-ring (bicyclic) bond motifs is 1. The summed E-state index contributed by atoms with van der Waals surface area (Å²) in [7, 11) is 0. The fourth-order valence-electron chi connectivity index (χ4n) is 1.22. The van der Waals surface area contributed by atoms with Gasteiger partial charge in [0, 0.05) is 10.9 Å². The summed E-state index contributed by atoms with van der Waals surface area (Å²) in [4.78, 5) is 18.7. The Morgan fingerprint density at radius 2 is 2.00 bits per heavy atom. The summed E-state index contributed by atoms with van der Waals surface area (Å²) in [6.45, 7) is 0. The highest BCUT2D eigenvalue weighted by atomic mass is 35.5. The summed E-state index contributed by atoms with van der Waals surface area (Å²) in [6.07, 6.45) is 0. The van der Waals surface area contributed by atoms with Crippen molar-refractivity contribution in [2.45, 2.75) is 0 Å². The third kappa shape index (κ3) is 1.86. The van der Waals surface area contributed by atoms with Crippen molar-refractivity contribution in [1.82, 2.24) is 9.97 Å². The van der Waals surface area contributed by atoms with Crippen LogP contribution >= 0.6 is 23.2 Å². The van der Waals surface area contributed by atoms with Crippen molar-refractivity contribution in [3.8, 4) is 0 Å². The summed E-state index contributed by atoms with van der Waals surface area (Å²) in [5.41, 5.74) is 6.07. The van der Waals surface area contributed by atoms with E-state index in [1.165, 1.54) is 6.07 Å². The number of carbonyl (C=O) groups is 1. The molecule has 1 aromatic carbocycles. The average Bonchev–Trinajstić information content (AvgIpc) is 2.16. The maximum absolute atomic E-state index is 10.9. The smallest absolute Gasteiger partial charge is 0.248 e. The van der Waals surface area contributed by atoms with E-state index in [-0.39, 0.29) is 10.4 Å². The van der Waals surface area contributed by atoms with Gasteiger partial charge < -0.3 is 5.73 Å². The first-order valence-electron chi connectivity index (χ1n) is 4.00. The maximum atomic E-state index is 10.9. The van der Waals surface area contributed by atoms with Gasteiger partial charge in [-0.1, -0.05) is 11.6 Å². The molecule has 0 radical (unpaired) electrons. The first-order valence-corrected chi connectivity index (χ1v) is 4.76. The van der Waals surface area contributed by atoms with Gasteiger partial charge in [0.05, 0.1) is 5.52 Å². The number of rotatable bonds is 1. The number of nitrogens with zero attached hydrogens (tertiary/aromatic N) is 2. The zero-order valence-electron chi connectivity index (χ0n) is 7.37. The first-order chi connectivity index (χ1) is 7.08. The molecule has 2 aromatic rings. The second kappa shape index (κ2) is 3.64. The second-order valence-corrected chi connectivity index (χ2v) is 3.58. The van der Waals surface area contributed by atoms with E-state index in [9.17, 15) is 4.79 Å². The van der Waals surface area contributed by atoms with Gasteiger partial charge in [0.25, 0.3) is 0 Å². The molecule has 76 valence electrons. The van der Waals surface area contributed by atoms with E-state index in [0.29, 0.717) is 16.5 Å². The van der Waals surface area contributed by atoms with Crippen molar-refractivity contribution >= 4 is 40.0 Å². The molecule has 0 fully saturated rings. The molecule has 0 aliphatic carbocycles. The van der Waals surface area contributed by atoms with Crippen LogP contribution in [-0.4, -0.2) is 15.9 Å². The molecule has 1 aromatic heterocycles. The van der Waals surface area contributed by atoms with Crippen LogP contribution in [0.25, 0.3) is 10.9 Å². The fraction of sp³-hybridized carbons (Fsp3) is 0. The lowest BCUT2D eigenvalue weighted by Crippen LogP contribution is -2.10. The minimum Gasteiger partial charge on any atom is -0.366 e. The molecule has 4 nitrogen and oxygen atoms in total. The minimum atomic E-state index is -0.525. The van der Waals surface area contributed by atoms with E-state index in [2.05, 4.69) is 9.97 Å². The number of carbonyl (C=O) groups excluding carboxylic acids is 1. The van der Waals surface area contributed by atoms with Gasteiger partial charge in [-0.15, -0.1) is 0 Å². The Morgan fingerprint density at radius 1 is 1.27 bits per heavy atom. The Labute approximate surface area is 95.0 Å². The number of nitrogens with two attached hydrogens (primary N) is 1. The van der Waals surface area contributed by atoms with Gasteiger partial charge >= 0.3 is 0 Å². The highest BCUT2D eigenvalue weighted by molar-refractivity contribution is 6.35. The van der Waals surface area contributed by atoms with Crippen molar-refractivity contribution in [2.24, 2.45) is 5.73 Å². The Hall–Kier alpha value is -1.39. The quantitative estimate of drug-likeness (QED) is 0.614. The van der Waals surface area contributed by atoms with Crippen molar-refractivity contribution < 1.29 is 4.79 Å². The van der Waals surface area contributed by atoms with Gasteiger partial charge in [0.1, 0.15) is 5.15 Å². The highest BCUT2D eigenvalue weighted by Crippen LogP contribution is 2.22. The molecule has 0 saturated carbocycles. The zero-order chi connectivity index (χ0) is 11.0. The Balaban J connectivity index is 2.76. The molecule has 0 unspecified atom stereocenters. The van der Waals surface area contributed by atoms with Crippen LogP contribution in [-0.2, 0) is 0 Å². The number of benzene rings is 1. The predicted octanol–water partition coefficient (Wildman–Crippen LogP) is 2.04. The Morgan fingerprint density at radius 3 is 2.67 bits per heavy atom. The number of amides is 1. The molecule has 0 spiro atoms. The molecule has 0 aliphatic rings. The summed E-state index contributed by atoms with van der Waals surface area (Å²) < 4.78 is 0. The van der Waals surface area contributed by atoms with Gasteiger partial charge in [0.15, 0.2) is 0 Å². The molecule has 0 bridgehead atoms. The SMILES string of the molecule is NC(=O)c1ccc2nc(Cl)nc(Cl)c2c1. The van der Waals surface area contributed by atoms with E-state index < -0.39 is 5.91 Å². The van der Waals surface area contributed by atoms with Gasteiger partial charge in [-0.05, 0) is 29.8 Å². The third-order valence-electron chi connectivity index (χ3n) is 1.91. The molecule has 0 aliphatic heterocycles. The third-order valence-corrected chi connectivity index (χ3v) is 2.36. The lowest BCUT2D eigenvalue weighted by Gasteiger charge is -2.01. The molecule has 1 heterocycles. The maximum Gasteiger partial charge on any atom is 0.248 e. The van der Waals surface area contributed by atoms with E-state index in [1.807, 2.05) is 0 Å². The largest absolute Gasteiger partial charge is 0.366 e. The molecule has 6 heteroatoms. The second-order valence-electron chi connectivity index (χ2n) is 2.88. The number of hydrogen-bond acceptors (Lipinski definition) is 3. The highest BCUT2D eigenvalue weighted by Gasteiger charge is 2.07. The molecule has 0 atom stereocenters. The van der Waals surface area contributed by atoms with Crippen LogP contribution in [0.2, 0.25) is 10.4 Å². The van der Waals surface area contributed by atoms with Gasteiger partial charge in [0.2, 0.25) is 11.2 Å². The summed E-state index contributed by atoms with van der Waals surface area (Å²) >= 11 is 11.5. The molecule has 1 amide bonds. The summed E-state index contributed by atoms with van der Waals surface area (Å²) in [5, 5.41) is 0.824. The van der Waals surface area contributed by atoms with E-state index in [4.69, 9.17) is 28.9 Å². The zero-order valence-corrected chi connectivity index (χ0v) is 8.88. The summed E-state index contributed by atoms with van der Waals surface area (Å²) in [6, 6.07) is 4.72. The molecule has 15 heavy (non-hydrogen) atoms. The standard InChI is InChI=1S/C9H5Cl2N3O/c10-7-5-3-4(8(12)15)1-2-6(5)13-9(11)14-7/h1-3H,(H2,12,15). The van der Waals surface area contributed by atoms with Crippen molar-refractivity contribution in [3.05, 3.63) is 34.2 Å². The summed E-state index contributed by atoms with van der Waals surface area (Å²) in [5.74, 6) is -0.525. The monoisotopic (exact) mass is 241 g/mol. The van der Waals surface area contributed by atoms with Crippen molar-refractivity contribution in [1.29, 1.82) is 0 Å². The van der Waals surface area contributed by atoms with Crippen LogP contribution in [0.3, 0.4) is 0 Å². The van der Waals surface area contributed by atoms with Gasteiger partial charge in [-0.2, -0.15) is 0 Å². The number of aromatic nitrogens is 2. The van der Waals surface area contributed by atoms with E-state index >= 15 is 0 Å². The average molecular weight is 242 g/mol. The lowest BCUT2D eigenvalue weighted by atomic mass is 10.1. The fourth-order valence-corrected chi connectivity index (χ4v) is 1.67. The molecular formula is C9H5Cl2N3O. The van der Waals surface area contributed by atoms with Crippen LogP contribution in [0, 0.1) is 0 Å². The van der Waals surface area contributed by atoms with Crippen molar-refractivity contribution in [3.63, 3.8) is 0 Å². The predicted molar refractivity (Wildman–Crippen MR) is 58.1 cm³/mol. The van der Waals surface area contributed by atoms with Crippen LogP contribution in [0.15, 0.2) is 18.2 Å². The first kappa shape index (κ1) is 10.1. The van der Waals surface area contributed by atoms with Gasteiger partial charge in [-0.25, -0.2) is 9.97 Å². The van der Waals surface area contributed by atoms with E-state index in [0.717, 1.165) is 0 Å². The number of halogens is 2. The topological polar surface area (TPSA) is 68.9 Å². The molecule has 2 N–H and O–H groups in total. The minimum absolute atomic E-state index is 0.0688. The lowest BCUT2D eigenvalue weighted by molar-refractivity contribution is 0.100. The van der Waals surface area contributed by atoms with Gasteiger partial charge in [-0.3, -0.25) is 4.79 Å². The van der Waals surface area contributed by atoms with E-state index in [1.54, 1.807) is 12.1 Å².